The molecule has 0 N–H and O–H groups in total. The van der Waals surface area contributed by atoms with Crippen molar-refractivity contribution in [2.75, 3.05) is 14.2 Å². The van der Waals surface area contributed by atoms with Crippen LogP contribution in [0.15, 0.2) is 47.8 Å². The summed E-state index contributed by atoms with van der Waals surface area (Å²) in [5.41, 5.74) is 1.57. The van der Waals surface area contributed by atoms with Crippen molar-refractivity contribution in [3.8, 4) is 27.8 Å². The summed E-state index contributed by atoms with van der Waals surface area (Å²) in [5.74, 6) is 1.11. The van der Waals surface area contributed by atoms with Gasteiger partial charge in [-0.15, -0.1) is 11.3 Å². The van der Waals surface area contributed by atoms with E-state index in [9.17, 15) is 4.39 Å². The second kappa shape index (κ2) is 7.31. The van der Waals surface area contributed by atoms with Crippen molar-refractivity contribution < 1.29 is 18.6 Å². The van der Waals surface area contributed by atoms with Crippen molar-refractivity contribution in [1.82, 2.24) is 4.98 Å². The van der Waals surface area contributed by atoms with E-state index in [-0.39, 0.29) is 18.2 Å². The van der Waals surface area contributed by atoms with Gasteiger partial charge < -0.3 is 14.2 Å². The second-order valence-electron chi connectivity index (χ2n) is 4.90. The molecule has 0 aliphatic carbocycles. The average molecular weight is 345 g/mol. The summed E-state index contributed by atoms with van der Waals surface area (Å²) in [6, 6.07) is 11.9. The van der Waals surface area contributed by atoms with Crippen LogP contribution in [0.2, 0.25) is 0 Å². The second-order valence-corrected chi connectivity index (χ2v) is 5.76. The molecule has 6 heteroatoms. The van der Waals surface area contributed by atoms with Crippen LogP contribution in [0.5, 0.6) is 17.2 Å². The summed E-state index contributed by atoms with van der Waals surface area (Å²) in [4.78, 5) is 4.54. The first kappa shape index (κ1) is 16.3. The molecule has 2 aromatic carbocycles. The lowest BCUT2D eigenvalue weighted by Gasteiger charge is -2.10. The summed E-state index contributed by atoms with van der Waals surface area (Å²) >= 11 is 1.47. The van der Waals surface area contributed by atoms with Crippen molar-refractivity contribution in [3.63, 3.8) is 0 Å². The lowest BCUT2D eigenvalue weighted by atomic mass is 10.2. The fraction of sp³-hybridized carbons (Fsp3) is 0.167. The van der Waals surface area contributed by atoms with Crippen LogP contribution in [0, 0.1) is 5.82 Å². The predicted octanol–water partition coefficient (Wildman–Crippen LogP) is 4.55. The standard InChI is InChI=1S/C18H16FNO3S/c1-21-16-9-5-6-13(17(16)22-2)18-20-12(11-24-18)10-23-15-8-4-3-7-14(15)19/h3-9,11H,10H2,1-2H3. The van der Waals surface area contributed by atoms with E-state index in [1.54, 1.807) is 32.4 Å². The van der Waals surface area contributed by atoms with E-state index < -0.39 is 0 Å². The van der Waals surface area contributed by atoms with E-state index in [1.165, 1.54) is 17.4 Å². The minimum atomic E-state index is -0.387. The van der Waals surface area contributed by atoms with Gasteiger partial charge in [0.05, 0.1) is 25.5 Å². The van der Waals surface area contributed by atoms with E-state index in [0.717, 1.165) is 16.3 Å². The van der Waals surface area contributed by atoms with E-state index in [4.69, 9.17) is 14.2 Å². The third-order valence-corrected chi connectivity index (χ3v) is 4.32. The van der Waals surface area contributed by atoms with Crippen LogP contribution in [0.3, 0.4) is 0 Å². The maximum Gasteiger partial charge on any atom is 0.170 e. The predicted molar refractivity (Wildman–Crippen MR) is 91.4 cm³/mol. The maximum absolute atomic E-state index is 13.6. The van der Waals surface area contributed by atoms with E-state index in [2.05, 4.69) is 4.98 Å². The number of ether oxygens (including phenoxy) is 3. The SMILES string of the molecule is COc1cccc(-c2nc(COc3ccccc3F)cs2)c1OC. The topological polar surface area (TPSA) is 40.6 Å². The fourth-order valence-corrected chi connectivity index (χ4v) is 3.09. The molecule has 0 radical (unpaired) electrons. The van der Waals surface area contributed by atoms with Gasteiger partial charge in [-0.05, 0) is 24.3 Å². The van der Waals surface area contributed by atoms with Crippen LogP contribution >= 0.6 is 11.3 Å². The Morgan fingerprint density at radius 3 is 2.54 bits per heavy atom. The molecule has 0 bridgehead atoms. The zero-order valence-corrected chi connectivity index (χ0v) is 14.1. The molecule has 0 amide bonds. The number of rotatable bonds is 6. The van der Waals surface area contributed by atoms with Crippen molar-refractivity contribution >= 4 is 11.3 Å². The van der Waals surface area contributed by atoms with Crippen LogP contribution in [-0.2, 0) is 6.61 Å². The third-order valence-electron chi connectivity index (χ3n) is 3.40. The molecule has 4 nitrogen and oxygen atoms in total. The van der Waals surface area contributed by atoms with Crippen LogP contribution in [0.25, 0.3) is 10.6 Å². The lowest BCUT2D eigenvalue weighted by molar-refractivity contribution is 0.287. The zero-order valence-electron chi connectivity index (χ0n) is 13.3. The molecular weight excluding hydrogens is 329 g/mol. The maximum atomic E-state index is 13.6. The Hall–Kier alpha value is -2.60. The number of thiazole rings is 1. The van der Waals surface area contributed by atoms with Gasteiger partial charge in [0.1, 0.15) is 11.6 Å². The minimum absolute atomic E-state index is 0.198. The van der Waals surface area contributed by atoms with Gasteiger partial charge in [-0.3, -0.25) is 0 Å². The first-order valence-electron chi connectivity index (χ1n) is 7.26. The van der Waals surface area contributed by atoms with E-state index in [1.807, 2.05) is 23.6 Å². The molecule has 0 aliphatic heterocycles. The third kappa shape index (κ3) is 3.33. The number of aromatic nitrogens is 1. The molecule has 0 spiro atoms. The molecule has 3 rings (SSSR count). The van der Waals surface area contributed by atoms with Gasteiger partial charge in [0, 0.05) is 5.38 Å². The van der Waals surface area contributed by atoms with Gasteiger partial charge in [-0.1, -0.05) is 18.2 Å². The molecule has 0 aliphatic rings. The number of benzene rings is 2. The van der Waals surface area contributed by atoms with Crippen LogP contribution in [0.4, 0.5) is 4.39 Å². The Morgan fingerprint density at radius 2 is 1.79 bits per heavy atom. The number of halogens is 1. The highest BCUT2D eigenvalue weighted by molar-refractivity contribution is 7.13. The van der Waals surface area contributed by atoms with Crippen molar-refractivity contribution in [3.05, 3.63) is 59.4 Å². The number of nitrogens with zero attached hydrogens (tertiary/aromatic N) is 1. The summed E-state index contributed by atoms with van der Waals surface area (Å²) < 4.78 is 29.8. The molecule has 0 unspecified atom stereocenters. The van der Waals surface area contributed by atoms with Crippen LogP contribution < -0.4 is 14.2 Å². The molecule has 0 saturated heterocycles. The minimum Gasteiger partial charge on any atom is -0.493 e. The monoisotopic (exact) mass is 345 g/mol. The molecule has 0 fully saturated rings. The molecular formula is C18H16FNO3S. The molecule has 0 atom stereocenters. The molecule has 124 valence electrons. The Labute approximate surface area is 143 Å². The molecule has 0 saturated carbocycles. The fourth-order valence-electron chi connectivity index (χ4n) is 2.27. The highest BCUT2D eigenvalue weighted by Crippen LogP contribution is 2.39. The Bertz CT molecular complexity index is 835. The first-order chi connectivity index (χ1) is 11.7. The lowest BCUT2D eigenvalue weighted by Crippen LogP contribution is -1.98. The summed E-state index contributed by atoms with van der Waals surface area (Å²) in [6.07, 6.45) is 0. The Balaban J connectivity index is 1.80. The van der Waals surface area contributed by atoms with Crippen molar-refractivity contribution in [1.29, 1.82) is 0 Å². The van der Waals surface area contributed by atoms with Gasteiger partial charge in [0.2, 0.25) is 0 Å². The van der Waals surface area contributed by atoms with Crippen LogP contribution in [-0.4, -0.2) is 19.2 Å². The molecule has 1 aromatic heterocycles. The normalized spacial score (nSPS) is 10.5. The average Bonchev–Trinajstić information content (AvgIpc) is 3.09. The number of hydrogen-bond acceptors (Lipinski definition) is 5. The molecule has 24 heavy (non-hydrogen) atoms. The van der Waals surface area contributed by atoms with Gasteiger partial charge in [-0.25, -0.2) is 9.37 Å². The largest absolute Gasteiger partial charge is 0.493 e. The number of para-hydroxylation sites is 2. The summed E-state index contributed by atoms with van der Waals surface area (Å²) in [5, 5.41) is 2.67. The van der Waals surface area contributed by atoms with E-state index >= 15 is 0 Å². The van der Waals surface area contributed by atoms with Gasteiger partial charge >= 0.3 is 0 Å². The van der Waals surface area contributed by atoms with Gasteiger partial charge in [-0.2, -0.15) is 0 Å². The molecule has 1 heterocycles. The van der Waals surface area contributed by atoms with E-state index in [0.29, 0.717) is 11.5 Å². The quantitative estimate of drug-likeness (QED) is 0.657. The number of methoxy groups -OCH3 is 2. The highest BCUT2D eigenvalue weighted by atomic mass is 32.1. The molecule has 3 aromatic rings. The van der Waals surface area contributed by atoms with Gasteiger partial charge in [0.25, 0.3) is 0 Å². The summed E-state index contributed by atoms with van der Waals surface area (Å²) in [6.45, 7) is 0.198. The first-order valence-corrected chi connectivity index (χ1v) is 8.14. The Kier molecular flexibility index (Phi) is 4.96. The van der Waals surface area contributed by atoms with Crippen molar-refractivity contribution in [2.45, 2.75) is 6.61 Å². The summed E-state index contributed by atoms with van der Waals surface area (Å²) in [7, 11) is 3.19. The smallest absolute Gasteiger partial charge is 0.170 e. The van der Waals surface area contributed by atoms with Crippen LogP contribution in [0.1, 0.15) is 5.69 Å². The highest BCUT2D eigenvalue weighted by Gasteiger charge is 2.15. The Morgan fingerprint density at radius 1 is 1.00 bits per heavy atom. The van der Waals surface area contributed by atoms with Gasteiger partial charge in [0.15, 0.2) is 23.1 Å². The van der Waals surface area contributed by atoms with Crippen molar-refractivity contribution in [2.24, 2.45) is 0 Å². The zero-order chi connectivity index (χ0) is 16.9. The number of hydrogen-bond donors (Lipinski definition) is 0.